The lowest BCUT2D eigenvalue weighted by Gasteiger charge is -2.42. The number of benzene rings is 1. The summed E-state index contributed by atoms with van der Waals surface area (Å²) in [7, 11) is 0. The Balaban J connectivity index is 2.11. The van der Waals surface area contributed by atoms with Crippen molar-refractivity contribution in [1.29, 1.82) is 0 Å². The Morgan fingerprint density at radius 1 is 1.11 bits per heavy atom. The van der Waals surface area contributed by atoms with E-state index >= 15 is 0 Å². The zero-order valence-electron chi connectivity index (χ0n) is 10.5. The second kappa shape index (κ2) is 4.54. The van der Waals surface area contributed by atoms with Gasteiger partial charge < -0.3 is 5.73 Å². The van der Waals surface area contributed by atoms with Gasteiger partial charge in [-0.1, -0.05) is 36.8 Å². The SMILES string of the molecule is NCC1(c2cnccc2-c2ccccc2)CCC1. The summed E-state index contributed by atoms with van der Waals surface area (Å²) in [5, 5.41) is 0. The van der Waals surface area contributed by atoms with E-state index in [9.17, 15) is 0 Å². The van der Waals surface area contributed by atoms with Crippen molar-refractivity contribution in [1.82, 2.24) is 4.98 Å². The van der Waals surface area contributed by atoms with Gasteiger partial charge in [-0.2, -0.15) is 0 Å². The Hall–Kier alpha value is -1.67. The fourth-order valence-corrected chi connectivity index (χ4v) is 2.87. The minimum atomic E-state index is 0.166. The van der Waals surface area contributed by atoms with Crippen molar-refractivity contribution in [3.05, 3.63) is 54.4 Å². The molecule has 2 nitrogen and oxygen atoms in total. The van der Waals surface area contributed by atoms with Gasteiger partial charge >= 0.3 is 0 Å². The van der Waals surface area contributed by atoms with Crippen molar-refractivity contribution in [2.75, 3.05) is 6.54 Å². The monoisotopic (exact) mass is 238 g/mol. The van der Waals surface area contributed by atoms with Gasteiger partial charge in [0.2, 0.25) is 0 Å². The number of rotatable bonds is 3. The molecule has 1 aromatic carbocycles. The molecule has 0 bridgehead atoms. The van der Waals surface area contributed by atoms with Gasteiger partial charge in [-0.3, -0.25) is 4.98 Å². The van der Waals surface area contributed by atoms with Gasteiger partial charge in [0.25, 0.3) is 0 Å². The molecule has 1 fully saturated rings. The molecular weight excluding hydrogens is 220 g/mol. The van der Waals surface area contributed by atoms with Crippen molar-refractivity contribution in [3.63, 3.8) is 0 Å². The van der Waals surface area contributed by atoms with Crippen molar-refractivity contribution in [2.24, 2.45) is 5.73 Å². The molecule has 3 rings (SSSR count). The summed E-state index contributed by atoms with van der Waals surface area (Å²) < 4.78 is 0. The molecule has 0 aliphatic heterocycles. The van der Waals surface area contributed by atoms with Gasteiger partial charge in [0.05, 0.1) is 0 Å². The molecule has 0 atom stereocenters. The molecule has 1 aromatic heterocycles. The lowest BCUT2D eigenvalue weighted by atomic mass is 9.63. The molecule has 18 heavy (non-hydrogen) atoms. The van der Waals surface area contributed by atoms with Crippen molar-refractivity contribution in [2.45, 2.75) is 24.7 Å². The Morgan fingerprint density at radius 3 is 2.50 bits per heavy atom. The second-order valence-electron chi connectivity index (χ2n) is 5.13. The van der Waals surface area contributed by atoms with Crippen LogP contribution in [0.2, 0.25) is 0 Å². The number of hydrogen-bond donors (Lipinski definition) is 1. The van der Waals surface area contributed by atoms with Crippen LogP contribution < -0.4 is 5.73 Å². The average Bonchev–Trinajstić information content (AvgIpc) is 2.40. The molecule has 0 amide bonds. The number of aromatic nitrogens is 1. The largest absolute Gasteiger partial charge is 0.330 e. The van der Waals surface area contributed by atoms with Crippen molar-refractivity contribution < 1.29 is 0 Å². The van der Waals surface area contributed by atoms with Gasteiger partial charge in [-0.15, -0.1) is 0 Å². The third-order valence-electron chi connectivity index (χ3n) is 4.18. The highest BCUT2D eigenvalue weighted by Crippen LogP contribution is 2.45. The zero-order chi connectivity index (χ0) is 12.4. The van der Waals surface area contributed by atoms with E-state index in [1.165, 1.54) is 36.0 Å². The number of hydrogen-bond acceptors (Lipinski definition) is 2. The predicted octanol–water partition coefficient (Wildman–Crippen LogP) is 3.13. The minimum Gasteiger partial charge on any atom is -0.330 e. The molecule has 1 heterocycles. The van der Waals surface area contributed by atoms with E-state index in [0.29, 0.717) is 0 Å². The summed E-state index contributed by atoms with van der Waals surface area (Å²) in [6.07, 6.45) is 7.54. The van der Waals surface area contributed by atoms with Gasteiger partial charge in [0.1, 0.15) is 0 Å². The zero-order valence-corrected chi connectivity index (χ0v) is 10.5. The van der Waals surface area contributed by atoms with Gasteiger partial charge in [0.15, 0.2) is 0 Å². The first-order chi connectivity index (χ1) is 8.86. The Kier molecular flexibility index (Phi) is 2.88. The molecule has 2 heteroatoms. The van der Waals surface area contributed by atoms with Gasteiger partial charge in [-0.25, -0.2) is 0 Å². The third kappa shape index (κ3) is 1.73. The number of nitrogens with zero attached hydrogens (tertiary/aromatic N) is 1. The van der Waals surface area contributed by atoms with Crippen molar-refractivity contribution in [3.8, 4) is 11.1 Å². The fourth-order valence-electron chi connectivity index (χ4n) is 2.87. The highest BCUT2D eigenvalue weighted by atomic mass is 14.7. The van der Waals surface area contributed by atoms with E-state index in [1.54, 1.807) is 0 Å². The van der Waals surface area contributed by atoms with E-state index in [1.807, 2.05) is 18.5 Å². The first-order valence-electron chi connectivity index (χ1n) is 6.56. The van der Waals surface area contributed by atoms with Gasteiger partial charge in [-0.05, 0) is 35.6 Å². The van der Waals surface area contributed by atoms with Crippen LogP contribution in [0.5, 0.6) is 0 Å². The summed E-state index contributed by atoms with van der Waals surface area (Å²) in [6, 6.07) is 12.6. The van der Waals surface area contributed by atoms with E-state index in [0.717, 1.165) is 6.54 Å². The maximum absolute atomic E-state index is 6.02. The van der Waals surface area contributed by atoms with E-state index in [-0.39, 0.29) is 5.41 Å². The maximum Gasteiger partial charge on any atom is 0.0312 e. The molecule has 0 saturated heterocycles. The number of nitrogens with two attached hydrogens (primary N) is 1. The molecule has 1 aliphatic rings. The van der Waals surface area contributed by atoms with Crippen LogP contribution in [-0.4, -0.2) is 11.5 Å². The lowest BCUT2D eigenvalue weighted by Crippen LogP contribution is -2.42. The van der Waals surface area contributed by atoms with Crippen LogP contribution in [0, 0.1) is 0 Å². The Labute approximate surface area is 108 Å². The molecule has 2 aromatic rings. The minimum absolute atomic E-state index is 0.166. The summed E-state index contributed by atoms with van der Waals surface area (Å²) >= 11 is 0. The third-order valence-corrected chi connectivity index (χ3v) is 4.18. The van der Waals surface area contributed by atoms with E-state index in [2.05, 4.69) is 35.3 Å². The highest BCUT2D eigenvalue weighted by molar-refractivity contribution is 5.68. The molecular formula is C16H18N2. The van der Waals surface area contributed by atoms with Gasteiger partial charge in [0, 0.05) is 24.4 Å². The normalized spacial score (nSPS) is 17.2. The highest BCUT2D eigenvalue weighted by Gasteiger charge is 2.39. The quantitative estimate of drug-likeness (QED) is 0.892. The second-order valence-corrected chi connectivity index (χ2v) is 5.13. The van der Waals surface area contributed by atoms with Crippen LogP contribution >= 0.6 is 0 Å². The van der Waals surface area contributed by atoms with Crippen LogP contribution in [0.3, 0.4) is 0 Å². The summed E-state index contributed by atoms with van der Waals surface area (Å²) in [5.74, 6) is 0. The van der Waals surface area contributed by atoms with Crippen LogP contribution in [0.25, 0.3) is 11.1 Å². The molecule has 1 saturated carbocycles. The summed E-state index contributed by atoms with van der Waals surface area (Å²) in [5.41, 5.74) is 10.1. The number of pyridine rings is 1. The van der Waals surface area contributed by atoms with Crippen LogP contribution in [0.4, 0.5) is 0 Å². The topological polar surface area (TPSA) is 38.9 Å². The first-order valence-corrected chi connectivity index (χ1v) is 6.56. The van der Waals surface area contributed by atoms with Crippen LogP contribution in [-0.2, 0) is 5.41 Å². The fraction of sp³-hybridized carbons (Fsp3) is 0.312. The predicted molar refractivity (Wildman–Crippen MR) is 74.3 cm³/mol. The Morgan fingerprint density at radius 2 is 1.89 bits per heavy atom. The molecule has 2 N–H and O–H groups in total. The molecule has 1 aliphatic carbocycles. The van der Waals surface area contributed by atoms with Crippen molar-refractivity contribution >= 4 is 0 Å². The molecule has 0 unspecified atom stereocenters. The molecule has 92 valence electrons. The van der Waals surface area contributed by atoms with E-state index < -0.39 is 0 Å². The maximum atomic E-state index is 6.02. The molecule has 0 radical (unpaired) electrons. The van der Waals surface area contributed by atoms with Crippen LogP contribution in [0.1, 0.15) is 24.8 Å². The smallest absolute Gasteiger partial charge is 0.0312 e. The summed E-state index contributed by atoms with van der Waals surface area (Å²) in [4.78, 5) is 4.31. The summed E-state index contributed by atoms with van der Waals surface area (Å²) in [6.45, 7) is 0.721. The molecule has 0 spiro atoms. The Bertz CT molecular complexity index is 524. The first kappa shape index (κ1) is 11.4. The van der Waals surface area contributed by atoms with E-state index in [4.69, 9.17) is 5.73 Å². The average molecular weight is 238 g/mol. The van der Waals surface area contributed by atoms with Crippen LogP contribution in [0.15, 0.2) is 48.8 Å². The standard InChI is InChI=1S/C16H18N2/c17-12-16(8-4-9-16)15-11-18-10-7-14(15)13-5-2-1-3-6-13/h1-3,5-7,10-11H,4,8-9,12,17H2. The lowest BCUT2D eigenvalue weighted by molar-refractivity contribution is 0.253.